The predicted molar refractivity (Wildman–Crippen MR) is 102 cm³/mol. The number of amides is 1. The van der Waals surface area contributed by atoms with Gasteiger partial charge in [-0.25, -0.2) is 0 Å². The number of carbonyl (C=O) groups is 1. The summed E-state index contributed by atoms with van der Waals surface area (Å²) in [4.78, 5) is 14.7. The Labute approximate surface area is 151 Å². The van der Waals surface area contributed by atoms with Gasteiger partial charge in [-0.3, -0.25) is 9.69 Å². The number of benzene rings is 2. The minimum Gasteiger partial charge on any atom is -0.352 e. The van der Waals surface area contributed by atoms with Crippen LogP contribution in [0, 0.1) is 0 Å². The van der Waals surface area contributed by atoms with Gasteiger partial charge in [0.2, 0.25) is 5.91 Å². The predicted octanol–water partition coefficient (Wildman–Crippen LogP) is 3.92. The fourth-order valence-corrected chi connectivity index (χ4v) is 3.43. The van der Waals surface area contributed by atoms with Crippen molar-refractivity contribution in [2.24, 2.45) is 0 Å². The van der Waals surface area contributed by atoms with E-state index in [-0.39, 0.29) is 5.91 Å². The van der Waals surface area contributed by atoms with Crippen molar-refractivity contribution in [3.63, 3.8) is 0 Å². The van der Waals surface area contributed by atoms with Gasteiger partial charge in [0.1, 0.15) is 0 Å². The largest absolute Gasteiger partial charge is 0.352 e. The summed E-state index contributed by atoms with van der Waals surface area (Å²) >= 11 is 0. The first kappa shape index (κ1) is 17.7. The van der Waals surface area contributed by atoms with Crippen LogP contribution in [0.4, 0.5) is 0 Å². The van der Waals surface area contributed by atoms with E-state index in [4.69, 9.17) is 0 Å². The van der Waals surface area contributed by atoms with E-state index < -0.39 is 0 Å². The van der Waals surface area contributed by atoms with E-state index in [1.54, 1.807) is 0 Å². The molecule has 0 saturated carbocycles. The van der Waals surface area contributed by atoms with E-state index in [9.17, 15) is 4.79 Å². The van der Waals surface area contributed by atoms with Gasteiger partial charge in [0.25, 0.3) is 0 Å². The third kappa shape index (κ3) is 6.02. The molecule has 0 atom stereocenters. The molecule has 0 radical (unpaired) electrons. The van der Waals surface area contributed by atoms with E-state index in [0.717, 1.165) is 12.1 Å². The van der Waals surface area contributed by atoms with Crippen LogP contribution in [0.1, 0.15) is 42.4 Å². The fraction of sp³-hybridized carbons (Fsp3) is 0.409. The Kier molecular flexibility index (Phi) is 6.63. The van der Waals surface area contributed by atoms with Gasteiger partial charge in [0, 0.05) is 13.1 Å². The van der Waals surface area contributed by atoms with Crippen LogP contribution in [0.5, 0.6) is 0 Å². The average Bonchev–Trinajstić information content (AvgIpc) is 2.90. The maximum Gasteiger partial charge on any atom is 0.224 e. The molecular formula is C22H28N2O. The van der Waals surface area contributed by atoms with Crippen LogP contribution in [0.25, 0.3) is 0 Å². The van der Waals surface area contributed by atoms with Crippen molar-refractivity contribution in [3.05, 3.63) is 71.3 Å². The highest BCUT2D eigenvalue weighted by molar-refractivity contribution is 5.78. The van der Waals surface area contributed by atoms with Crippen molar-refractivity contribution in [1.82, 2.24) is 10.2 Å². The molecule has 3 rings (SSSR count). The summed E-state index contributed by atoms with van der Waals surface area (Å²) in [5.41, 5.74) is 3.57. The number of nitrogens with zero attached hydrogens (tertiary/aromatic N) is 1. The molecule has 1 heterocycles. The summed E-state index contributed by atoms with van der Waals surface area (Å²) in [6.07, 6.45) is 5.80. The van der Waals surface area contributed by atoms with Crippen molar-refractivity contribution >= 4 is 5.91 Å². The molecule has 0 aliphatic carbocycles. The summed E-state index contributed by atoms with van der Waals surface area (Å²) in [6, 6.07) is 18.5. The van der Waals surface area contributed by atoms with Gasteiger partial charge in [-0.15, -0.1) is 0 Å². The van der Waals surface area contributed by atoms with Gasteiger partial charge < -0.3 is 5.32 Å². The van der Waals surface area contributed by atoms with Gasteiger partial charge >= 0.3 is 0 Å². The molecule has 132 valence electrons. The van der Waals surface area contributed by atoms with E-state index in [1.807, 2.05) is 30.3 Å². The normalized spacial score (nSPS) is 15.5. The fourth-order valence-electron chi connectivity index (χ4n) is 3.43. The SMILES string of the molecule is O=C(Cc1ccccc1)NCc1cccc(CN2CCCCCC2)c1. The third-order valence-corrected chi connectivity index (χ3v) is 4.79. The number of hydrogen-bond acceptors (Lipinski definition) is 2. The maximum absolute atomic E-state index is 12.1. The minimum atomic E-state index is 0.0733. The van der Waals surface area contributed by atoms with Crippen molar-refractivity contribution in [1.29, 1.82) is 0 Å². The maximum atomic E-state index is 12.1. The first-order chi connectivity index (χ1) is 12.3. The van der Waals surface area contributed by atoms with Gasteiger partial charge in [0.05, 0.1) is 6.42 Å². The highest BCUT2D eigenvalue weighted by atomic mass is 16.1. The molecule has 0 bridgehead atoms. The minimum absolute atomic E-state index is 0.0733. The van der Waals surface area contributed by atoms with Crippen LogP contribution in [0.3, 0.4) is 0 Å². The molecular weight excluding hydrogens is 308 g/mol. The first-order valence-corrected chi connectivity index (χ1v) is 9.40. The number of carbonyl (C=O) groups excluding carboxylic acids is 1. The summed E-state index contributed by atoms with van der Waals surface area (Å²) in [5.74, 6) is 0.0733. The Morgan fingerprint density at radius 3 is 2.28 bits per heavy atom. The number of likely N-dealkylation sites (tertiary alicyclic amines) is 1. The van der Waals surface area contributed by atoms with Crippen LogP contribution < -0.4 is 5.32 Å². The molecule has 1 fully saturated rings. The van der Waals surface area contributed by atoms with E-state index >= 15 is 0 Å². The van der Waals surface area contributed by atoms with E-state index in [0.29, 0.717) is 13.0 Å². The second kappa shape index (κ2) is 9.38. The van der Waals surface area contributed by atoms with Gasteiger partial charge in [-0.2, -0.15) is 0 Å². The Morgan fingerprint density at radius 1 is 0.840 bits per heavy atom. The summed E-state index contributed by atoms with van der Waals surface area (Å²) < 4.78 is 0. The number of rotatable bonds is 6. The molecule has 1 aliphatic rings. The zero-order valence-corrected chi connectivity index (χ0v) is 14.9. The molecule has 1 saturated heterocycles. The lowest BCUT2D eigenvalue weighted by atomic mass is 10.1. The van der Waals surface area contributed by atoms with E-state index in [1.165, 1.54) is 49.9 Å². The van der Waals surface area contributed by atoms with Crippen molar-refractivity contribution in [3.8, 4) is 0 Å². The molecule has 1 N–H and O–H groups in total. The molecule has 0 unspecified atom stereocenters. The van der Waals surface area contributed by atoms with E-state index in [2.05, 4.69) is 34.5 Å². The monoisotopic (exact) mass is 336 g/mol. The highest BCUT2D eigenvalue weighted by Gasteiger charge is 2.10. The zero-order chi connectivity index (χ0) is 17.3. The Balaban J connectivity index is 1.50. The Morgan fingerprint density at radius 2 is 1.52 bits per heavy atom. The summed E-state index contributed by atoms with van der Waals surface area (Å²) in [6.45, 7) is 4.03. The number of hydrogen-bond donors (Lipinski definition) is 1. The topological polar surface area (TPSA) is 32.3 Å². The molecule has 0 aromatic heterocycles. The van der Waals surface area contributed by atoms with Crippen molar-refractivity contribution in [2.45, 2.75) is 45.2 Å². The summed E-state index contributed by atoms with van der Waals surface area (Å²) in [5, 5.41) is 3.04. The lowest BCUT2D eigenvalue weighted by Crippen LogP contribution is -2.25. The van der Waals surface area contributed by atoms with Crippen LogP contribution in [-0.2, 0) is 24.3 Å². The van der Waals surface area contributed by atoms with Crippen molar-refractivity contribution < 1.29 is 4.79 Å². The lowest BCUT2D eigenvalue weighted by Gasteiger charge is -2.20. The molecule has 3 nitrogen and oxygen atoms in total. The Hall–Kier alpha value is -2.13. The van der Waals surface area contributed by atoms with Crippen LogP contribution in [0.15, 0.2) is 54.6 Å². The zero-order valence-electron chi connectivity index (χ0n) is 14.9. The average molecular weight is 336 g/mol. The highest BCUT2D eigenvalue weighted by Crippen LogP contribution is 2.14. The Bertz CT molecular complexity index is 661. The molecule has 25 heavy (non-hydrogen) atoms. The third-order valence-electron chi connectivity index (χ3n) is 4.79. The van der Waals surface area contributed by atoms with Crippen molar-refractivity contribution in [2.75, 3.05) is 13.1 Å². The van der Waals surface area contributed by atoms with Gasteiger partial charge in [-0.05, 0) is 42.6 Å². The lowest BCUT2D eigenvalue weighted by molar-refractivity contribution is -0.120. The smallest absolute Gasteiger partial charge is 0.224 e. The number of nitrogens with one attached hydrogen (secondary N) is 1. The quantitative estimate of drug-likeness (QED) is 0.867. The molecule has 1 aliphatic heterocycles. The molecule has 3 heteroatoms. The molecule has 2 aromatic rings. The molecule has 0 spiro atoms. The summed E-state index contributed by atoms with van der Waals surface area (Å²) in [7, 11) is 0. The van der Waals surface area contributed by atoms with Crippen LogP contribution in [-0.4, -0.2) is 23.9 Å². The second-order valence-corrected chi connectivity index (χ2v) is 6.95. The molecule has 2 aromatic carbocycles. The van der Waals surface area contributed by atoms with Gasteiger partial charge in [0.15, 0.2) is 0 Å². The molecule has 1 amide bonds. The van der Waals surface area contributed by atoms with Gasteiger partial charge in [-0.1, -0.05) is 67.4 Å². The second-order valence-electron chi connectivity index (χ2n) is 6.95. The standard InChI is InChI=1S/C22H28N2O/c25-22(16-19-9-4-3-5-10-19)23-17-20-11-8-12-21(15-20)18-24-13-6-1-2-7-14-24/h3-5,8-12,15H,1-2,6-7,13-14,16-18H2,(H,23,25). The van der Waals surface area contributed by atoms with Crippen LogP contribution in [0.2, 0.25) is 0 Å². The van der Waals surface area contributed by atoms with Crippen LogP contribution >= 0.6 is 0 Å². The first-order valence-electron chi connectivity index (χ1n) is 9.40.